The summed E-state index contributed by atoms with van der Waals surface area (Å²) in [6.07, 6.45) is 1.44. The molecular weight excluding hydrogens is 234 g/mol. The molecule has 3 N–H and O–H groups in total. The number of alkyl carbamates (subject to hydrolysis) is 1. The molecule has 1 saturated heterocycles. The second-order valence-corrected chi connectivity index (χ2v) is 5.45. The largest absolute Gasteiger partial charge is 0.453 e. The summed E-state index contributed by atoms with van der Waals surface area (Å²) in [5.74, 6) is 0.0997. The van der Waals surface area contributed by atoms with Gasteiger partial charge in [-0.3, -0.25) is 4.79 Å². The minimum atomic E-state index is -0.447. The molecule has 1 heterocycles. The zero-order valence-corrected chi connectivity index (χ0v) is 11.4. The number of hydrogen-bond donors (Lipinski definition) is 2. The smallest absolute Gasteiger partial charge is 0.407 e. The number of carbonyl (C=O) groups is 2. The SMILES string of the molecule is COC(=O)NC1CCN(C(=O)CCC(C)(C)N)C1. The van der Waals surface area contributed by atoms with E-state index in [9.17, 15) is 9.59 Å². The molecule has 1 unspecified atom stereocenters. The molecule has 18 heavy (non-hydrogen) atoms. The van der Waals surface area contributed by atoms with Crippen molar-refractivity contribution in [2.45, 2.75) is 44.7 Å². The summed E-state index contributed by atoms with van der Waals surface area (Å²) < 4.78 is 4.53. The van der Waals surface area contributed by atoms with Gasteiger partial charge in [0.05, 0.1) is 13.2 Å². The van der Waals surface area contributed by atoms with Gasteiger partial charge in [-0.25, -0.2) is 4.79 Å². The van der Waals surface area contributed by atoms with E-state index in [-0.39, 0.29) is 17.5 Å². The number of methoxy groups -OCH3 is 1. The van der Waals surface area contributed by atoms with Crippen molar-refractivity contribution in [1.29, 1.82) is 0 Å². The van der Waals surface area contributed by atoms with Crippen LogP contribution in [0.15, 0.2) is 0 Å². The molecule has 1 fully saturated rings. The van der Waals surface area contributed by atoms with Crippen LogP contribution in [0.25, 0.3) is 0 Å². The van der Waals surface area contributed by atoms with Crippen molar-refractivity contribution in [3.05, 3.63) is 0 Å². The highest BCUT2D eigenvalue weighted by molar-refractivity contribution is 5.77. The molecule has 104 valence electrons. The highest BCUT2D eigenvalue weighted by atomic mass is 16.5. The van der Waals surface area contributed by atoms with Gasteiger partial charge in [0.15, 0.2) is 0 Å². The highest BCUT2D eigenvalue weighted by Gasteiger charge is 2.27. The van der Waals surface area contributed by atoms with Crippen molar-refractivity contribution >= 4 is 12.0 Å². The molecule has 0 saturated carbocycles. The Hall–Kier alpha value is -1.30. The van der Waals surface area contributed by atoms with Crippen molar-refractivity contribution in [3.8, 4) is 0 Å². The second-order valence-electron chi connectivity index (χ2n) is 5.45. The molecule has 1 rings (SSSR count). The summed E-state index contributed by atoms with van der Waals surface area (Å²) in [5, 5.41) is 2.71. The molecule has 1 atom stereocenters. The number of nitrogens with one attached hydrogen (secondary N) is 1. The summed E-state index contributed by atoms with van der Waals surface area (Å²) in [6, 6.07) is -0.00714. The van der Waals surface area contributed by atoms with Gasteiger partial charge in [-0.2, -0.15) is 0 Å². The quantitative estimate of drug-likeness (QED) is 0.766. The van der Waals surface area contributed by atoms with Crippen LogP contribution in [-0.4, -0.2) is 48.7 Å². The Balaban J connectivity index is 2.33. The summed E-state index contributed by atoms with van der Waals surface area (Å²) in [7, 11) is 1.33. The van der Waals surface area contributed by atoms with Gasteiger partial charge < -0.3 is 20.7 Å². The fourth-order valence-electron chi connectivity index (χ4n) is 1.92. The fraction of sp³-hybridized carbons (Fsp3) is 0.833. The predicted octanol–water partition coefficient (Wildman–Crippen LogP) is 0.461. The maximum Gasteiger partial charge on any atom is 0.407 e. The van der Waals surface area contributed by atoms with Crippen LogP contribution in [0.5, 0.6) is 0 Å². The number of nitrogens with zero attached hydrogens (tertiary/aromatic N) is 1. The standard InChI is InChI=1S/C12H23N3O3/c1-12(2,13)6-4-10(16)15-7-5-9(8-15)14-11(17)18-3/h9H,4-8,13H2,1-3H3,(H,14,17). The maximum absolute atomic E-state index is 11.9. The van der Waals surface area contributed by atoms with E-state index in [0.717, 1.165) is 6.42 Å². The van der Waals surface area contributed by atoms with Gasteiger partial charge in [0.2, 0.25) is 5.91 Å². The average Bonchev–Trinajstić information content (AvgIpc) is 2.73. The number of rotatable bonds is 4. The van der Waals surface area contributed by atoms with Crippen LogP contribution in [0.2, 0.25) is 0 Å². The first-order chi connectivity index (χ1) is 8.31. The molecule has 0 aliphatic carbocycles. The topological polar surface area (TPSA) is 84.7 Å². The summed E-state index contributed by atoms with van der Waals surface area (Å²) in [4.78, 5) is 24.7. The second kappa shape index (κ2) is 6.04. The Bertz CT molecular complexity index is 312. The molecule has 1 aliphatic heterocycles. The zero-order valence-electron chi connectivity index (χ0n) is 11.4. The van der Waals surface area contributed by atoms with E-state index in [1.807, 2.05) is 13.8 Å². The monoisotopic (exact) mass is 257 g/mol. The van der Waals surface area contributed by atoms with Crippen LogP contribution in [-0.2, 0) is 9.53 Å². The molecule has 0 aromatic heterocycles. The Morgan fingerprint density at radius 1 is 1.50 bits per heavy atom. The maximum atomic E-state index is 11.9. The predicted molar refractivity (Wildman–Crippen MR) is 68.0 cm³/mol. The van der Waals surface area contributed by atoms with Gasteiger partial charge in [-0.15, -0.1) is 0 Å². The van der Waals surface area contributed by atoms with Crippen molar-refractivity contribution in [3.63, 3.8) is 0 Å². The van der Waals surface area contributed by atoms with Crippen LogP contribution in [0.1, 0.15) is 33.1 Å². The van der Waals surface area contributed by atoms with Crippen LogP contribution in [0.4, 0.5) is 4.79 Å². The van der Waals surface area contributed by atoms with E-state index >= 15 is 0 Å². The first-order valence-electron chi connectivity index (χ1n) is 6.23. The Morgan fingerprint density at radius 2 is 2.17 bits per heavy atom. The third-order valence-corrected chi connectivity index (χ3v) is 3.03. The van der Waals surface area contributed by atoms with E-state index in [1.54, 1.807) is 4.90 Å². The Morgan fingerprint density at radius 3 is 2.72 bits per heavy atom. The lowest BCUT2D eigenvalue weighted by Gasteiger charge is -2.21. The van der Waals surface area contributed by atoms with Gasteiger partial charge in [-0.1, -0.05) is 0 Å². The van der Waals surface area contributed by atoms with Gasteiger partial charge in [0.25, 0.3) is 0 Å². The van der Waals surface area contributed by atoms with Crippen molar-refractivity contribution < 1.29 is 14.3 Å². The summed E-state index contributed by atoms with van der Waals surface area (Å²) >= 11 is 0. The number of likely N-dealkylation sites (tertiary alicyclic amines) is 1. The molecule has 6 nitrogen and oxygen atoms in total. The van der Waals surface area contributed by atoms with Crippen LogP contribution < -0.4 is 11.1 Å². The van der Waals surface area contributed by atoms with Gasteiger partial charge in [0, 0.05) is 25.0 Å². The molecule has 0 spiro atoms. The number of amides is 2. The van der Waals surface area contributed by atoms with Crippen LogP contribution in [0.3, 0.4) is 0 Å². The molecule has 0 aromatic carbocycles. The lowest BCUT2D eigenvalue weighted by Crippen LogP contribution is -2.39. The molecule has 1 aliphatic rings. The lowest BCUT2D eigenvalue weighted by atomic mass is 10.00. The number of carbonyl (C=O) groups excluding carboxylic acids is 2. The van der Waals surface area contributed by atoms with Crippen molar-refractivity contribution in [2.24, 2.45) is 5.73 Å². The molecule has 0 aromatic rings. The van der Waals surface area contributed by atoms with Crippen LogP contribution >= 0.6 is 0 Å². The Kier molecular flexibility index (Phi) is 4.95. The van der Waals surface area contributed by atoms with E-state index in [2.05, 4.69) is 10.1 Å². The number of ether oxygens (including phenoxy) is 1. The van der Waals surface area contributed by atoms with Crippen LogP contribution in [0, 0.1) is 0 Å². The normalized spacial score (nSPS) is 19.8. The average molecular weight is 257 g/mol. The van der Waals surface area contributed by atoms with E-state index < -0.39 is 6.09 Å². The Labute approximate surface area is 108 Å². The van der Waals surface area contributed by atoms with Gasteiger partial charge >= 0.3 is 6.09 Å². The molecule has 2 amide bonds. The minimum absolute atomic E-state index is 0.00714. The summed E-state index contributed by atoms with van der Waals surface area (Å²) in [6.45, 7) is 5.05. The fourth-order valence-corrected chi connectivity index (χ4v) is 1.92. The molecular formula is C12H23N3O3. The third kappa shape index (κ3) is 4.91. The lowest BCUT2D eigenvalue weighted by molar-refractivity contribution is -0.130. The van der Waals surface area contributed by atoms with Crippen molar-refractivity contribution in [1.82, 2.24) is 10.2 Å². The highest BCUT2D eigenvalue weighted by Crippen LogP contribution is 2.14. The number of hydrogen-bond acceptors (Lipinski definition) is 4. The van der Waals surface area contributed by atoms with Gasteiger partial charge in [-0.05, 0) is 26.7 Å². The molecule has 0 radical (unpaired) electrons. The van der Waals surface area contributed by atoms with Crippen molar-refractivity contribution in [2.75, 3.05) is 20.2 Å². The van der Waals surface area contributed by atoms with E-state index in [0.29, 0.717) is 25.9 Å². The summed E-state index contributed by atoms with van der Waals surface area (Å²) in [5.41, 5.74) is 5.53. The number of nitrogens with two attached hydrogens (primary N) is 1. The van der Waals surface area contributed by atoms with E-state index in [1.165, 1.54) is 7.11 Å². The third-order valence-electron chi connectivity index (χ3n) is 3.03. The van der Waals surface area contributed by atoms with E-state index in [4.69, 9.17) is 5.73 Å². The molecule has 6 heteroatoms. The first kappa shape index (κ1) is 14.8. The zero-order chi connectivity index (χ0) is 13.8. The molecule has 0 bridgehead atoms. The minimum Gasteiger partial charge on any atom is -0.453 e. The van der Waals surface area contributed by atoms with Gasteiger partial charge in [0.1, 0.15) is 0 Å². The first-order valence-corrected chi connectivity index (χ1v) is 6.23.